The quantitative estimate of drug-likeness (QED) is 0.541. The van der Waals surface area contributed by atoms with E-state index in [4.69, 9.17) is 0 Å². The van der Waals surface area contributed by atoms with Gasteiger partial charge in [0, 0.05) is 60.9 Å². The van der Waals surface area contributed by atoms with Crippen LogP contribution in [0.2, 0.25) is 0 Å². The number of carbonyl (C=O) groups is 1. The number of likely N-dealkylation sites (tertiary alicyclic amines) is 1. The van der Waals surface area contributed by atoms with Gasteiger partial charge in [-0.3, -0.25) is 9.89 Å². The van der Waals surface area contributed by atoms with Crippen molar-refractivity contribution in [2.45, 2.75) is 6.92 Å². The fourth-order valence-corrected chi connectivity index (χ4v) is 4.69. The molecule has 2 N–H and O–H groups in total. The van der Waals surface area contributed by atoms with Crippen molar-refractivity contribution >= 4 is 22.9 Å². The van der Waals surface area contributed by atoms with Gasteiger partial charge in [0.05, 0.1) is 17.3 Å². The maximum Gasteiger partial charge on any atom is 0.263 e. The number of hydrogen-bond acceptors (Lipinski definition) is 6. The van der Waals surface area contributed by atoms with Gasteiger partial charge in [-0.25, -0.2) is 9.50 Å². The lowest BCUT2D eigenvalue weighted by Gasteiger charge is -2.14. The van der Waals surface area contributed by atoms with Gasteiger partial charge >= 0.3 is 0 Å². The van der Waals surface area contributed by atoms with E-state index in [-0.39, 0.29) is 18.4 Å². The van der Waals surface area contributed by atoms with Gasteiger partial charge in [0.1, 0.15) is 0 Å². The molecule has 1 fully saturated rings. The molecule has 8 nitrogen and oxygen atoms in total. The Morgan fingerprint density at radius 3 is 2.93 bits per heavy atom. The second kappa shape index (κ2) is 7.09. The standard InChI is InChI=1S/C20H20N6O2S/c1-12-7-25(8-16(12)10-27)20(28)18-2-13(11-29-18)17-6-24-26-9-15(3-21-19(17)26)14-4-22-23-5-14/h2-6,9,11-12,16,27H,7-8,10H2,1H3,(H,22,23). The number of nitrogens with one attached hydrogen (secondary N) is 1. The molecular formula is C20H20N6O2S. The number of nitrogens with zero attached hydrogens (tertiary/aromatic N) is 5. The predicted molar refractivity (Wildman–Crippen MR) is 110 cm³/mol. The topological polar surface area (TPSA) is 99.4 Å². The minimum absolute atomic E-state index is 0.0238. The molecule has 1 aliphatic heterocycles. The summed E-state index contributed by atoms with van der Waals surface area (Å²) in [6, 6.07) is 1.91. The van der Waals surface area contributed by atoms with E-state index in [1.807, 2.05) is 28.7 Å². The summed E-state index contributed by atoms with van der Waals surface area (Å²) < 4.78 is 1.74. The number of thiophene rings is 1. The van der Waals surface area contributed by atoms with Gasteiger partial charge < -0.3 is 10.0 Å². The van der Waals surface area contributed by atoms with Gasteiger partial charge in [0.15, 0.2) is 5.65 Å². The van der Waals surface area contributed by atoms with E-state index in [1.54, 1.807) is 23.1 Å². The Labute approximate surface area is 170 Å². The third-order valence-electron chi connectivity index (χ3n) is 5.60. The molecule has 0 radical (unpaired) electrons. The van der Waals surface area contributed by atoms with Gasteiger partial charge in [-0.1, -0.05) is 6.92 Å². The molecule has 1 aliphatic rings. The van der Waals surface area contributed by atoms with E-state index in [9.17, 15) is 9.90 Å². The van der Waals surface area contributed by atoms with Gasteiger partial charge in [0.25, 0.3) is 5.91 Å². The van der Waals surface area contributed by atoms with Crippen molar-refractivity contribution in [3.8, 4) is 22.3 Å². The van der Waals surface area contributed by atoms with Gasteiger partial charge in [-0.15, -0.1) is 11.3 Å². The summed E-state index contributed by atoms with van der Waals surface area (Å²) in [5, 5.41) is 22.6. The molecule has 0 aliphatic carbocycles. The van der Waals surface area contributed by atoms with Crippen LogP contribution >= 0.6 is 11.3 Å². The molecule has 1 amide bonds. The molecule has 0 spiro atoms. The monoisotopic (exact) mass is 408 g/mol. The number of fused-ring (bicyclic) bond motifs is 1. The first-order chi connectivity index (χ1) is 14.1. The van der Waals surface area contributed by atoms with Crippen molar-refractivity contribution < 1.29 is 9.90 Å². The van der Waals surface area contributed by atoms with Crippen LogP contribution in [0.15, 0.2) is 42.4 Å². The third kappa shape index (κ3) is 3.12. The van der Waals surface area contributed by atoms with Gasteiger partial charge in [-0.2, -0.15) is 10.2 Å². The highest BCUT2D eigenvalue weighted by atomic mass is 32.1. The Balaban J connectivity index is 1.42. The number of H-pyrrole nitrogens is 1. The molecule has 148 valence electrons. The summed E-state index contributed by atoms with van der Waals surface area (Å²) in [5.41, 5.74) is 4.43. The van der Waals surface area contributed by atoms with Crippen LogP contribution in [-0.4, -0.2) is 60.4 Å². The summed E-state index contributed by atoms with van der Waals surface area (Å²) >= 11 is 1.43. The van der Waals surface area contributed by atoms with Crippen molar-refractivity contribution in [2.24, 2.45) is 11.8 Å². The molecule has 1 saturated heterocycles. The van der Waals surface area contributed by atoms with Crippen molar-refractivity contribution in [2.75, 3.05) is 19.7 Å². The zero-order chi connectivity index (χ0) is 20.0. The minimum atomic E-state index is 0.0238. The van der Waals surface area contributed by atoms with E-state index < -0.39 is 0 Å². The Bertz CT molecular complexity index is 1170. The van der Waals surface area contributed by atoms with Crippen LogP contribution in [0.5, 0.6) is 0 Å². The van der Waals surface area contributed by atoms with Crippen LogP contribution in [0.1, 0.15) is 16.6 Å². The lowest BCUT2D eigenvalue weighted by Crippen LogP contribution is -2.28. The molecular weight excluding hydrogens is 388 g/mol. The van der Waals surface area contributed by atoms with Crippen LogP contribution in [0.3, 0.4) is 0 Å². The summed E-state index contributed by atoms with van der Waals surface area (Å²) in [6.45, 7) is 3.50. The van der Waals surface area contributed by atoms with Crippen molar-refractivity contribution in [3.05, 3.63) is 47.3 Å². The average molecular weight is 408 g/mol. The maximum atomic E-state index is 12.9. The molecule has 0 saturated carbocycles. The van der Waals surface area contributed by atoms with Crippen molar-refractivity contribution in [1.82, 2.24) is 29.7 Å². The molecule has 0 bridgehead atoms. The molecule has 2 unspecified atom stereocenters. The molecule has 0 aromatic carbocycles. The normalized spacial score (nSPS) is 19.3. The highest BCUT2D eigenvalue weighted by molar-refractivity contribution is 7.12. The average Bonchev–Trinajstić information content (AvgIpc) is 3.52. The summed E-state index contributed by atoms with van der Waals surface area (Å²) in [7, 11) is 0. The van der Waals surface area contributed by atoms with Crippen molar-refractivity contribution in [3.63, 3.8) is 0 Å². The predicted octanol–water partition coefficient (Wildman–Crippen LogP) is 2.55. The zero-order valence-corrected chi connectivity index (χ0v) is 16.6. The largest absolute Gasteiger partial charge is 0.396 e. The number of aromatic amines is 1. The van der Waals surface area contributed by atoms with Crippen molar-refractivity contribution in [1.29, 1.82) is 0 Å². The fourth-order valence-electron chi connectivity index (χ4n) is 3.82. The lowest BCUT2D eigenvalue weighted by atomic mass is 10.00. The van der Waals surface area contributed by atoms with Gasteiger partial charge in [0.2, 0.25) is 0 Å². The summed E-state index contributed by atoms with van der Waals surface area (Å²) in [6.07, 6.45) is 9.03. The minimum Gasteiger partial charge on any atom is -0.396 e. The molecule has 5 heterocycles. The van der Waals surface area contributed by atoms with Crippen LogP contribution in [0.4, 0.5) is 0 Å². The number of aliphatic hydroxyl groups excluding tert-OH is 1. The van der Waals surface area contributed by atoms with Crippen LogP contribution in [-0.2, 0) is 0 Å². The maximum absolute atomic E-state index is 12.9. The first-order valence-electron chi connectivity index (χ1n) is 9.45. The number of rotatable bonds is 4. The first-order valence-corrected chi connectivity index (χ1v) is 10.3. The van der Waals surface area contributed by atoms with E-state index in [1.165, 1.54) is 11.3 Å². The first kappa shape index (κ1) is 18.0. The second-order valence-electron chi connectivity index (χ2n) is 7.49. The Morgan fingerprint density at radius 1 is 1.28 bits per heavy atom. The van der Waals surface area contributed by atoms with Gasteiger partial charge in [-0.05, 0) is 22.9 Å². The number of carbonyl (C=O) groups excluding carboxylic acids is 1. The highest BCUT2D eigenvalue weighted by Gasteiger charge is 2.32. The number of aromatic nitrogens is 5. The third-order valence-corrected chi connectivity index (χ3v) is 6.52. The Hall–Kier alpha value is -3.04. The second-order valence-corrected chi connectivity index (χ2v) is 8.40. The SMILES string of the molecule is CC1CN(C(=O)c2cc(-c3cnn4cc(-c5cn[nH]c5)cnc34)cs2)CC1CO. The molecule has 4 aromatic heterocycles. The Kier molecular flexibility index (Phi) is 4.40. The van der Waals surface area contributed by atoms with E-state index >= 15 is 0 Å². The smallest absolute Gasteiger partial charge is 0.263 e. The van der Waals surface area contributed by atoms with Crippen LogP contribution in [0, 0.1) is 11.8 Å². The van der Waals surface area contributed by atoms with E-state index in [2.05, 4.69) is 27.2 Å². The van der Waals surface area contributed by atoms with E-state index in [0.29, 0.717) is 23.9 Å². The Morgan fingerprint density at radius 2 is 2.17 bits per heavy atom. The number of hydrogen-bond donors (Lipinski definition) is 2. The molecule has 9 heteroatoms. The fraction of sp³-hybridized carbons (Fsp3) is 0.300. The van der Waals surface area contributed by atoms with Crippen LogP contribution in [0.25, 0.3) is 27.9 Å². The van der Waals surface area contributed by atoms with Crippen LogP contribution < -0.4 is 0 Å². The molecule has 29 heavy (non-hydrogen) atoms. The van der Waals surface area contributed by atoms with E-state index in [0.717, 1.165) is 27.9 Å². The summed E-state index contributed by atoms with van der Waals surface area (Å²) in [5.74, 6) is 0.499. The zero-order valence-electron chi connectivity index (χ0n) is 15.8. The number of aliphatic hydroxyl groups is 1. The number of amides is 1. The summed E-state index contributed by atoms with van der Waals surface area (Å²) in [4.78, 5) is 20.0. The molecule has 4 aromatic rings. The molecule has 5 rings (SSSR count). The molecule has 2 atom stereocenters. The highest BCUT2D eigenvalue weighted by Crippen LogP contribution is 2.31. The lowest BCUT2D eigenvalue weighted by molar-refractivity contribution is 0.0785.